The van der Waals surface area contributed by atoms with Crippen molar-refractivity contribution in [2.24, 2.45) is 0 Å². The molecule has 2 aromatic carbocycles. The van der Waals surface area contributed by atoms with E-state index in [2.05, 4.69) is 70.8 Å². The number of esters is 7. The summed E-state index contributed by atoms with van der Waals surface area (Å²) < 4.78 is 63.6. The van der Waals surface area contributed by atoms with E-state index < -0.39 is 82.7 Å². The van der Waals surface area contributed by atoms with Crippen molar-refractivity contribution in [1.82, 2.24) is 84.3 Å². The van der Waals surface area contributed by atoms with Crippen molar-refractivity contribution in [2.75, 3.05) is 46.2 Å². The predicted octanol–water partition coefficient (Wildman–Crippen LogP) is 6.83. The molecular weight excluding hydrogens is 1300 g/mol. The smallest absolute Gasteiger partial charge is 0.376 e. The molecule has 0 fully saturated rings. The molecule has 33 nitrogen and oxygen atoms in total. The Morgan fingerprint density at radius 1 is 0.368 bits per heavy atom. The largest absolute Gasteiger partial charge is 0.460 e. The minimum absolute atomic E-state index is 0. The number of benzene rings is 2. The van der Waals surface area contributed by atoms with Gasteiger partial charge < -0.3 is 43.8 Å². The molecule has 37 heteroatoms. The van der Waals surface area contributed by atoms with Crippen molar-refractivity contribution in [3.05, 3.63) is 158 Å². The molecule has 7 aromatic heterocycles. The van der Waals surface area contributed by atoms with Crippen molar-refractivity contribution in [2.45, 2.75) is 83.8 Å². The minimum atomic E-state index is -0.879. The van der Waals surface area contributed by atoms with E-state index in [0.29, 0.717) is 16.8 Å². The van der Waals surface area contributed by atoms with Gasteiger partial charge in [-0.15, -0.1) is 0 Å². The van der Waals surface area contributed by atoms with Gasteiger partial charge in [0.25, 0.3) is 11.8 Å². The summed E-state index contributed by atoms with van der Waals surface area (Å²) in [5.41, 5.74) is 2.07. The van der Waals surface area contributed by atoms with Crippen LogP contribution >= 0.6 is 23.2 Å². The lowest BCUT2D eigenvalue weighted by Crippen LogP contribution is -2.28. The van der Waals surface area contributed by atoms with E-state index in [1.807, 2.05) is 0 Å². The lowest BCUT2D eigenvalue weighted by Gasteiger charge is -2.08. The molecule has 0 radical (unpaired) electrons. The van der Waals surface area contributed by atoms with Gasteiger partial charge in [0.1, 0.15) is 11.6 Å². The average Bonchev–Trinajstić information content (AvgIpc) is 1.73. The van der Waals surface area contributed by atoms with Crippen LogP contribution in [0.5, 0.6) is 0 Å². The van der Waals surface area contributed by atoms with Gasteiger partial charge in [0, 0.05) is 31.3 Å². The summed E-state index contributed by atoms with van der Waals surface area (Å²) in [5, 5.41) is 16.9. The Labute approximate surface area is 549 Å². The van der Waals surface area contributed by atoms with Crippen LogP contribution in [0.4, 0.5) is 8.78 Å². The van der Waals surface area contributed by atoms with E-state index in [1.165, 1.54) is 80.7 Å². The number of nitrogens with zero attached hydrogens (tertiary/aromatic N) is 15. The number of rotatable bonds is 20. The first-order chi connectivity index (χ1) is 44.2. The number of amides is 2. The third kappa shape index (κ3) is 21.2. The monoisotopic (exact) mass is 1360 g/mol. The van der Waals surface area contributed by atoms with E-state index in [1.54, 1.807) is 54.5 Å². The Kier molecular flexibility index (Phi) is 31.2. The number of nitrogens with one attached hydrogen (secondary N) is 2. The summed E-state index contributed by atoms with van der Waals surface area (Å²) in [6.07, 6.45) is 4.30. The highest BCUT2D eigenvalue weighted by Gasteiger charge is 2.26. The van der Waals surface area contributed by atoms with Gasteiger partial charge in [0.15, 0.2) is 16.9 Å². The van der Waals surface area contributed by atoms with Crippen LogP contribution in [0.15, 0.2) is 73.2 Å². The molecule has 0 saturated carbocycles. The molecule has 9 rings (SSSR count). The van der Waals surface area contributed by atoms with Crippen LogP contribution in [0, 0.1) is 11.6 Å². The van der Waals surface area contributed by atoms with Crippen molar-refractivity contribution < 1.29 is 85.1 Å². The first kappa shape index (κ1) is 78.0. The number of halogens is 4. The molecule has 95 heavy (non-hydrogen) atoms. The SMILES string of the molecule is C.C.C.CCOC(=O)c1nc(C(=O)NCc2ccc(F)c(Cl)c2)n2nccc2n1.CCOC(=O)c1nc(C(=O)NCc2ccc(F)c(Cl)c2)nc2ccnn12.CCOC(=O)c1nc(C(=O)OCC)n2nccc2n1.CCOC(=O)c1nc(C(=O)OCC)nc(C(=O)OCC)n1. The van der Waals surface area contributed by atoms with Crippen LogP contribution in [0.2, 0.25) is 10.0 Å². The fourth-order valence-corrected chi connectivity index (χ4v) is 7.42. The number of hydrogen-bond donors (Lipinski definition) is 2. The van der Waals surface area contributed by atoms with Crippen LogP contribution < -0.4 is 10.6 Å². The van der Waals surface area contributed by atoms with E-state index in [0.717, 1.165) is 0 Å². The van der Waals surface area contributed by atoms with E-state index in [-0.39, 0.29) is 138 Å². The minimum Gasteiger partial charge on any atom is -0.460 e. The lowest BCUT2D eigenvalue weighted by molar-refractivity contribution is 0.0469. The van der Waals surface area contributed by atoms with Gasteiger partial charge in [0.05, 0.1) is 74.9 Å². The van der Waals surface area contributed by atoms with Gasteiger partial charge in [-0.1, -0.05) is 57.6 Å². The van der Waals surface area contributed by atoms with Gasteiger partial charge in [0.2, 0.25) is 52.4 Å². The zero-order chi connectivity index (χ0) is 67.0. The second-order valence-electron chi connectivity index (χ2n) is 17.1. The van der Waals surface area contributed by atoms with Gasteiger partial charge in [-0.25, -0.2) is 57.3 Å². The second kappa shape index (κ2) is 37.9. The fraction of sp³-hybridized carbons (Fsp3) is 0.328. The van der Waals surface area contributed by atoms with Crippen LogP contribution in [0.3, 0.4) is 0 Å². The first-order valence-electron chi connectivity index (χ1n) is 27.2. The van der Waals surface area contributed by atoms with Gasteiger partial charge in [-0.05, 0) is 83.9 Å². The normalized spacial score (nSPS) is 10.1. The Morgan fingerprint density at radius 2 is 0.642 bits per heavy atom. The molecule has 0 saturated heterocycles. The van der Waals surface area contributed by atoms with E-state index >= 15 is 0 Å². The molecular formula is C58H65Cl2F2N17O16. The summed E-state index contributed by atoms with van der Waals surface area (Å²) in [7, 11) is 0. The van der Waals surface area contributed by atoms with E-state index in [9.17, 15) is 51.9 Å². The zero-order valence-corrected chi connectivity index (χ0v) is 51.1. The Balaban J connectivity index is 0.000000329. The van der Waals surface area contributed by atoms with Crippen molar-refractivity contribution in [1.29, 1.82) is 0 Å². The number of aromatic nitrogens is 15. The van der Waals surface area contributed by atoms with Gasteiger partial charge >= 0.3 is 41.8 Å². The Hall–Kier alpha value is -11.2. The maximum Gasteiger partial charge on any atom is 0.376 e. The highest BCUT2D eigenvalue weighted by molar-refractivity contribution is 6.31. The Bertz CT molecular complexity index is 4100. The summed E-state index contributed by atoms with van der Waals surface area (Å²) in [5.74, 6) is -10.2. The highest BCUT2D eigenvalue weighted by Crippen LogP contribution is 2.18. The molecule has 0 spiro atoms. The van der Waals surface area contributed by atoms with Gasteiger partial charge in [-0.2, -0.15) is 58.7 Å². The number of fused-ring (bicyclic) bond motifs is 3. The molecule has 0 aliphatic carbocycles. The molecule has 0 unspecified atom stereocenters. The topological polar surface area (TPSA) is 410 Å². The maximum absolute atomic E-state index is 13.2. The highest BCUT2D eigenvalue weighted by atomic mass is 35.5. The molecule has 0 aliphatic heterocycles. The average molecular weight is 1370 g/mol. The molecule has 0 bridgehead atoms. The number of carbonyl (C=O) groups excluding carboxylic acids is 9. The third-order valence-electron chi connectivity index (χ3n) is 10.9. The fourth-order valence-electron chi connectivity index (χ4n) is 7.01. The van der Waals surface area contributed by atoms with E-state index in [4.69, 9.17) is 56.4 Å². The molecule has 2 N–H and O–H groups in total. The summed E-state index contributed by atoms with van der Waals surface area (Å²) >= 11 is 11.4. The first-order valence-corrected chi connectivity index (χ1v) is 28.0. The number of carbonyl (C=O) groups is 9. The lowest BCUT2D eigenvalue weighted by atomic mass is 10.2. The van der Waals surface area contributed by atoms with Crippen molar-refractivity contribution in [3.8, 4) is 0 Å². The molecule has 506 valence electrons. The number of hydrogen-bond acceptors (Lipinski definition) is 28. The second-order valence-corrected chi connectivity index (χ2v) is 17.9. The van der Waals surface area contributed by atoms with Crippen LogP contribution in [-0.4, -0.2) is 174 Å². The summed E-state index contributed by atoms with van der Waals surface area (Å²) in [6, 6.07) is 12.8. The molecule has 9 aromatic rings. The summed E-state index contributed by atoms with van der Waals surface area (Å²) in [6.45, 7) is 12.6. The molecule has 7 heterocycles. The maximum atomic E-state index is 13.2. The number of ether oxygens (including phenoxy) is 7. The summed E-state index contributed by atoms with van der Waals surface area (Å²) in [4.78, 5) is 142. The van der Waals surface area contributed by atoms with Gasteiger partial charge in [-0.3, -0.25) is 9.59 Å². The van der Waals surface area contributed by atoms with Crippen LogP contribution in [0.25, 0.3) is 16.9 Å². The molecule has 0 atom stereocenters. The standard InChI is InChI=1S/2C16H13ClFN5O3.C12H15N3O6.C11H12N4O4.3CH4/c1-2-26-16(25)13-21-12-5-6-20-23(12)14(22-13)15(24)19-8-9-3-4-11(18)10(17)7-9;1-2-26-16(25)14-22-13(21-12-5-6-20-23(12)14)15(24)19-8-9-3-4-11(18)10(17)7-9;1-4-19-10(16)7-13-8(11(17)20-5-2)15-9(14-7)12(18)21-6-3;1-3-18-10(16)8-13-7-5-6-12-15(7)9(14-8)11(17)19-4-2;;;/h2*3-7H,2,8H2,1H3,(H,19,24);4-6H2,1-3H3;5-6H,3-4H2,1-2H3;3*1H4. The zero-order valence-electron chi connectivity index (χ0n) is 49.5. The molecule has 2 amide bonds. The third-order valence-corrected chi connectivity index (χ3v) is 11.5. The predicted molar refractivity (Wildman–Crippen MR) is 329 cm³/mol. The Morgan fingerprint density at radius 3 is 0.968 bits per heavy atom. The van der Waals surface area contributed by atoms with Crippen molar-refractivity contribution >= 4 is 93.7 Å². The van der Waals surface area contributed by atoms with Crippen LogP contribution in [0.1, 0.15) is 177 Å². The van der Waals surface area contributed by atoms with Crippen LogP contribution in [-0.2, 0) is 46.2 Å². The molecule has 0 aliphatic rings. The quantitative estimate of drug-likeness (QED) is 0.0582. The van der Waals surface area contributed by atoms with Crippen molar-refractivity contribution in [3.63, 3.8) is 0 Å².